The van der Waals surface area contributed by atoms with Gasteiger partial charge in [-0.05, 0) is 51.9 Å². The molecule has 3 heteroatoms. The first-order valence-electron chi connectivity index (χ1n) is 13.9. The molecule has 5 aromatic carbocycles. The van der Waals surface area contributed by atoms with Gasteiger partial charge in [-0.1, -0.05) is 121 Å². The van der Waals surface area contributed by atoms with Crippen LogP contribution in [0.4, 0.5) is 0 Å². The average Bonchev–Trinajstić information content (AvgIpc) is 3.36. The highest BCUT2D eigenvalue weighted by atomic mass is 28.3. The van der Waals surface area contributed by atoms with Crippen molar-refractivity contribution in [3.63, 3.8) is 0 Å². The molecule has 0 spiro atoms. The lowest BCUT2D eigenvalue weighted by Gasteiger charge is -2.34. The second-order valence-electron chi connectivity index (χ2n) is 10.3. The van der Waals surface area contributed by atoms with Crippen molar-refractivity contribution in [1.82, 2.24) is 9.55 Å². The summed E-state index contributed by atoms with van der Waals surface area (Å²) < 4.78 is 2.39. The van der Waals surface area contributed by atoms with Crippen LogP contribution in [-0.2, 0) is 6.54 Å². The van der Waals surface area contributed by atoms with Crippen molar-refractivity contribution in [2.45, 2.75) is 13.5 Å². The van der Waals surface area contributed by atoms with E-state index in [1.807, 2.05) is 0 Å². The standard InChI is InChI=1S/C37H30N2Si/c1-2-39-36-21-13-12-20-33(36)34-26-28(22-25-37(34)39)35-24-23-32(27-38-35)40(29-14-6-3-7-15-29,30-16-8-4-9-17-30)31-18-10-5-11-19-31/h3-27H,2H2,1H3. The van der Waals surface area contributed by atoms with E-state index in [1.165, 1.54) is 42.6 Å². The number of nitrogens with zero attached hydrogens (tertiary/aromatic N) is 2. The molecule has 40 heavy (non-hydrogen) atoms. The largest absolute Gasteiger partial charge is 0.341 e. The number of para-hydroxylation sites is 1. The molecule has 0 aliphatic carbocycles. The Morgan fingerprint density at radius 2 is 1.07 bits per heavy atom. The highest BCUT2D eigenvalue weighted by Crippen LogP contribution is 2.32. The Labute approximate surface area is 236 Å². The smallest absolute Gasteiger partial charge is 0.181 e. The van der Waals surface area contributed by atoms with Crippen molar-refractivity contribution in [2.75, 3.05) is 0 Å². The molecule has 0 unspecified atom stereocenters. The molecule has 0 fully saturated rings. The van der Waals surface area contributed by atoms with Crippen LogP contribution in [0.25, 0.3) is 33.1 Å². The highest BCUT2D eigenvalue weighted by Gasteiger charge is 2.41. The Morgan fingerprint density at radius 1 is 0.525 bits per heavy atom. The summed E-state index contributed by atoms with van der Waals surface area (Å²) in [5.74, 6) is 0. The zero-order valence-electron chi connectivity index (χ0n) is 22.5. The molecule has 2 aromatic heterocycles. The molecule has 0 atom stereocenters. The molecule has 0 amide bonds. The number of hydrogen-bond acceptors (Lipinski definition) is 1. The molecular formula is C37H30N2Si. The quantitative estimate of drug-likeness (QED) is 0.183. The molecular weight excluding hydrogens is 501 g/mol. The Hall–Kier alpha value is -4.73. The van der Waals surface area contributed by atoms with Gasteiger partial charge in [-0.2, -0.15) is 0 Å². The third-order valence-electron chi connectivity index (χ3n) is 8.20. The summed E-state index contributed by atoms with van der Waals surface area (Å²) in [6, 6.07) is 53.0. The van der Waals surface area contributed by atoms with Crippen LogP contribution in [-0.4, -0.2) is 17.6 Å². The number of aryl methyl sites for hydroxylation is 1. The molecule has 7 rings (SSSR count). The minimum Gasteiger partial charge on any atom is -0.341 e. The molecule has 0 aliphatic heterocycles. The second-order valence-corrected chi connectivity index (χ2v) is 14.1. The van der Waals surface area contributed by atoms with Gasteiger partial charge in [0.1, 0.15) is 0 Å². The predicted molar refractivity (Wildman–Crippen MR) is 172 cm³/mol. The zero-order chi connectivity index (χ0) is 26.9. The lowest BCUT2D eigenvalue weighted by molar-refractivity contribution is 0.827. The zero-order valence-corrected chi connectivity index (χ0v) is 23.5. The third-order valence-corrected chi connectivity index (χ3v) is 13.0. The monoisotopic (exact) mass is 530 g/mol. The van der Waals surface area contributed by atoms with Gasteiger partial charge < -0.3 is 4.57 Å². The fourth-order valence-corrected chi connectivity index (χ4v) is 11.1. The summed E-state index contributed by atoms with van der Waals surface area (Å²) in [5.41, 5.74) is 4.69. The van der Waals surface area contributed by atoms with Gasteiger partial charge in [0.2, 0.25) is 0 Å². The van der Waals surface area contributed by atoms with Gasteiger partial charge >= 0.3 is 0 Å². The van der Waals surface area contributed by atoms with E-state index in [4.69, 9.17) is 4.98 Å². The first-order chi connectivity index (χ1) is 19.8. The summed E-state index contributed by atoms with van der Waals surface area (Å²) in [7, 11) is -2.57. The van der Waals surface area contributed by atoms with Gasteiger partial charge in [0.25, 0.3) is 0 Å². The minimum absolute atomic E-state index is 0.946. The van der Waals surface area contributed by atoms with Crippen LogP contribution in [0.5, 0.6) is 0 Å². The fraction of sp³-hybridized carbons (Fsp3) is 0.0541. The van der Waals surface area contributed by atoms with Crippen molar-refractivity contribution < 1.29 is 0 Å². The number of pyridine rings is 1. The normalized spacial score (nSPS) is 11.7. The molecule has 7 aromatic rings. The summed E-state index contributed by atoms with van der Waals surface area (Å²) in [5, 5.41) is 7.93. The molecule has 2 nitrogen and oxygen atoms in total. The van der Waals surface area contributed by atoms with Crippen LogP contribution in [0, 0.1) is 0 Å². The Balaban J connectivity index is 1.41. The number of rotatable bonds is 6. The molecule has 192 valence electrons. The highest BCUT2D eigenvalue weighted by molar-refractivity contribution is 7.19. The Bertz CT molecular complexity index is 1810. The van der Waals surface area contributed by atoms with Crippen molar-refractivity contribution >= 4 is 50.6 Å². The molecule has 0 N–H and O–H groups in total. The first-order valence-corrected chi connectivity index (χ1v) is 15.9. The van der Waals surface area contributed by atoms with E-state index in [9.17, 15) is 0 Å². The molecule has 0 saturated heterocycles. The molecule has 0 bridgehead atoms. The molecule has 2 heterocycles. The van der Waals surface area contributed by atoms with E-state index >= 15 is 0 Å². The van der Waals surface area contributed by atoms with Gasteiger partial charge in [-0.3, -0.25) is 4.98 Å². The third kappa shape index (κ3) is 3.82. The van der Waals surface area contributed by atoms with E-state index in [-0.39, 0.29) is 0 Å². The van der Waals surface area contributed by atoms with E-state index in [0.717, 1.165) is 17.8 Å². The van der Waals surface area contributed by atoms with Crippen LogP contribution in [0.1, 0.15) is 6.92 Å². The summed E-state index contributed by atoms with van der Waals surface area (Å²) >= 11 is 0. The fourth-order valence-electron chi connectivity index (χ4n) is 6.40. The van der Waals surface area contributed by atoms with E-state index in [0.29, 0.717) is 0 Å². The summed E-state index contributed by atoms with van der Waals surface area (Å²) in [6.45, 7) is 3.16. The topological polar surface area (TPSA) is 17.8 Å². The Kier molecular flexibility index (Phi) is 6.14. The number of fused-ring (bicyclic) bond motifs is 3. The maximum Gasteiger partial charge on any atom is 0.181 e. The van der Waals surface area contributed by atoms with Gasteiger partial charge in [0, 0.05) is 40.1 Å². The number of aromatic nitrogens is 2. The van der Waals surface area contributed by atoms with Crippen LogP contribution in [0.3, 0.4) is 0 Å². The van der Waals surface area contributed by atoms with Crippen LogP contribution in [0.2, 0.25) is 0 Å². The van der Waals surface area contributed by atoms with Crippen molar-refractivity contribution in [3.05, 3.63) is 152 Å². The summed E-state index contributed by atoms with van der Waals surface area (Å²) in [6.07, 6.45) is 2.13. The van der Waals surface area contributed by atoms with E-state index in [2.05, 4.69) is 163 Å². The maximum atomic E-state index is 5.13. The predicted octanol–water partition coefficient (Wildman–Crippen LogP) is 6.25. The van der Waals surface area contributed by atoms with Gasteiger partial charge in [0.15, 0.2) is 8.07 Å². The van der Waals surface area contributed by atoms with Crippen molar-refractivity contribution in [3.8, 4) is 11.3 Å². The van der Waals surface area contributed by atoms with Crippen molar-refractivity contribution in [1.29, 1.82) is 0 Å². The maximum absolute atomic E-state index is 5.13. The van der Waals surface area contributed by atoms with Gasteiger partial charge in [-0.25, -0.2) is 0 Å². The lowest BCUT2D eigenvalue weighted by Crippen LogP contribution is -2.74. The van der Waals surface area contributed by atoms with Crippen LogP contribution < -0.4 is 20.7 Å². The minimum atomic E-state index is -2.57. The Morgan fingerprint density at radius 3 is 1.62 bits per heavy atom. The first kappa shape index (κ1) is 24.3. The second kappa shape index (κ2) is 10.1. The van der Waals surface area contributed by atoms with Crippen LogP contribution in [0.15, 0.2) is 152 Å². The van der Waals surface area contributed by atoms with Gasteiger partial charge in [0.05, 0.1) is 5.69 Å². The van der Waals surface area contributed by atoms with Gasteiger partial charge in [-0.15, -0.1) is 0 Å². The summed E-state index contributed by atoms with van der Waals surface area (Å²) in [4.78, 5) is 5.13. The lowest BCUT2D eigenvalue weighted by atomic mass is 10.1. The van der Waals surface area contributed by atoms with E-state index in [1.54, 1.807) is 0 Å². The molecule has 0 radical (unpaired) electrons. The van der Waals surface area contributed by atoms with Crippen LogP contribution >= 0.6 is 0 Å². The SMILES string of the molecule is CCn1c2ccccc2c2cc(-c3ccc([Si](c4ccccc4)(c4ccccc4)c4ccccc4)cn3)ccc21. The number of benzene rings is 5. The molecule has 0 aliphatic rings. The van der Waals surface area contributed by atoms with E-state index < -0.39 is 8.07 Å². The van der Waals surface area contributed by atoms with Crippen molar-refractivity contribution in [2.24, 2.45) is 0 Å². The molecule has 0 saturated carbocycles. The number of hydrogen-bond donors (Lipinski definition) is 0. The average molecular weight is 531 g/mol.